The minimum atomic E-state index is -0.315. The summed E-state index contributed by atoms with van der Waals surface area (Å²) in [4.78, 5) is 2.33. The highest BCUT2D eigenvalue weighted by atomic mass is 35.5. The average Bonchev–Trinajstić information content (AvgIpc) is 2.33. The Balaban J connectivity index is 2.86. The highest BCUT2D eigenvalue weighted by molar-refractivity contribution is 6.31. The predicted molar refractivity (Wildman–Crippen MR) is 80.1 cm³/mol. The molecule has 0 fully saturated rings. The second kappa shape index (κ2) is 6.69. The van der Waals surface area contributed by atoms with Gasteiger partial charge in [0.25, 0.3) is 0 Å². The summed E-state index contributed by atoms with van der Waals surface area (Å²) in [6.07, 6.45) is 0.641. The molecule has 19 heavy (non-hydrogen) atoms. The number of nitrogens with zero attached hydrogens (tertiary/aromatic N) is 1. The van der Waals surface area contributed by atoms with Crippen LogP contribution in [0.1, 0.15) is 33.3 Å². The van der Waals surface area contributed by atoms with Gasteiger partial charge in [-0.3, -0.25) is 4.90 Å². The molecule has 0 aliphatic rings. The van der Waals surface area contributed by atoms with Crippen molar-refractivity contribution < 1.29 is 4.39 Å². The van der Waals surface area contributed by atoms with Crippen LogP contribution in [-0.2, 0) is 6.42 Å². The second-order valence-corrected chi connectivity index (χ2v) is 5.78. The topological polar surface area (TPSA) is 29.3 Å². The Morgan fingerprint density at radius 3 is 2.37 bits per heavy atom. The van der Waals surface area contributed by atoms with Crippen LogP contribution >= 0.6 is 11.6 Å². The molecule has 0 saturated heterocycles. The highest BCUT2D eigenvalue weighted by Crippen LogP contribution is 2.24. The molecule has 4 heteroatoms. The maximum absolute atomic E-state index is 13.0. The fourth-order valence-electron chi connectivity index (χ4n) is 2.45. The first-order valence-corrected chi connectivity index (χ1v) is 7.15. The van der Waals surface area contributed by atoms with Crippen molar-refractivity contribution in [2.24, 2.45) is 5.73 Å². The van der Waals surface area contributed by atoms with Gasteiger partial charge in [0.1, 0.15) is 5.82 Å². The van der Waals surface area contributed by atoms with E-state index in [2.05, 4.69) is 32.6 Å². The van der Waals surface area contributed by atoms with Gasteiger partial charge < -0.3 is 5.73 Å². The Bertz CT molecular complexity index is 417. The van der Waals surface area contributed by atoms with Crippen LogP contribution in [0.25, 0.3) is 0 Å². The van der Waals surface area contributed by atoms with Crippen LogP contribution in [0, 0.1) is 5.82 Å². The number of hydrogen-bond acceptors (Lipinski definition) is 2. The number of likely N-dealkylation sites (N-methyl/N-ethyl adjacent to an activating group) is 1. The summed E-state index contributed by atoms with van der Waals surface area (Å²) in [6.45, 7) is 10.4. The summed E-state index contributed by atoms with van der Waals surface area (Å²) in [5.41, 5.74) is 7.12. The van der Waals surface area contributed by atoms with E-state index in [1.165, 1.54) is 12.1 Å². The van der Waals surface area contributed by atoms with Crippen LogP contribution in [0.15, 0.2) is 18.2 Å². The lowest BCUT2D eigenvalue weighted by molar-refractivity contribution is 0.106. The third kappa shape index (κ3) is 3.91. The molecule has 2 N–H and O–H groups in total. The number of hydrogen-bond donors (Lipinski definition) is 1. The zero-order valence-electron chi connectivity index (χ0n) is 12.2. The van der Waals surface area contributed by atoms with Gasteiger partial charge in [0.15, 0.2) is 0 Å². The zero-order chi connectivity index (χ0) is 14.6. The van der Waals surface area contributed by atoms with Crippen molar-refractivity contribution in [1.29, 1.82) is 0 Å². The van der Waals surface area contributed by atoms with E-state index < -0.39 is 0 Å². The van der Waals surface area contributed by atoms with Crippen LogP contribution in [0.3, 0.4) is 0 Å². The van der Waals surface area contributed by atoms with Crippen LogP contribution in [0.4, 0.5) is 4.39 Å². The first-order chi connectivity index (χ1) is 8.82. The lowest BCUT2D eigenvalue weighted by atomic mass is 9.88. The molecule has 1 atom stereocenters. The van der Waals surface area contributed by atoms with E-state index in [4.69, 9.17) is 17.3 Å². The summed E-state index contributed by atoms with van der Waals surface area (Å²) in [5, 5.41) is 0.450. The third-order valence-electron chi connectivity index (χ3n) is 3.94. The van der Waals surface area contributed by atoms with Crippen molar-refractivity contribution in [1.82, 2.24) is 4.90 Å². The van der Waals surface area contributed by atoms with E-state index in [0.717, 1.165) is 18.7 Å². The largest absolute Gasteiger partial charge is 0.326 e. The maximum atomic E-state index is 13.0. The molecule has 0 saturated carbocycles. The molecule has 0 heterocycles. The monoisotopic (exact) mass is 286 g/mol. The van der Waals surface area contributed by atoms with Crippen molar-refractivity contribution in [3.05, 3.63) is 34.6 Å². The number of halogens is 2. The normalized spacial score (nSPS) is 13.9. The molecule has 1 unspecified atom stereocenters. The van der Waals surface area contributed by atoms with E-state index in [-0.39, 0.29) is 17.4 Å². The van der Waals surface area contributed by atoms with Gasteiger partial charge in [-0.25, -0.2) is 4.39 Å². The smallest absolute Gasteiger partial charge is 0.124 e. The Kier molecular flexibility index (Phi) is 5.78. The van der Waals surface area contributed by atoms with Crippen LogP contribution in [0.5, 0.6) is 0 Å². The summed E-state index contributed by atoms with van der Waals surface area (Å²) >= 11 is 6.06. The Labute approximate surface area is 120 Å². The van der Waals surface area contributed by atoms with Crippen molar-refractivity contribution in [2.45, 2.75) is 45.7 Å². The molecule has 0 spiro atoms. The van der Waals surface area contributed by atoms with E-state index in [9.17, 15) is 4.39 Å². The fraction of sp³-hybridized carbons (Fsp3) is 0.600. The highest BCUT2D eigenvalue weighted by Gasteiger charge is 2.31. The molecule has 2 nitrogen and oxygen atoms in total. The predicted octanol–water partition coefficient (Wildman–Crippen LogP) is 3.47. The number of rotatable bonds is 6. The number of benzene rings is 1. The summed E-state index contributed by atoms with van der Waals surface area (Å²) in [5.74, 6) is -0.315. The van der Waals surface area contributed by atoms with Gasteiger partial charge in [-0.05, 0) is 51.1 Å². The summed E-state index contributed by atoms with van der Waals surface area (Å²) in [6, 6.07) is 4.43. The summed E-state index contributed by atoms with van der Waals surface area (Å²) < 4.78 is 13.0. The fourth-order valence-corrected chi connectivity index (χ4v) is 2.69. The van der Waals surface area contributed by atoms with E-state index in [0.29, 0.717) is 11.4 Å². The van der Waals surface area contributed by atoms with Crippen molar-refractivity contribution >= 4 is 11.6 Å². The van der Waals surface area contributed by atoms with E-state index in [1.807, 2.05) is 0 Å². The van der Waals surface area contributed by atoms with Gasteiger partial charge in [0.2, 0.25) is 0 Å². The standard InChI is InChI=1S/C15H24ClFN2/c1-5-19(6-2)15(3,4)14(18)9-11-7-8-12(17)10-13(11)16/h7-8,10,14H,5-6,9,18H2,1-4H3. The maximum Gasteiger partial charge on any atom is 0.124 e. The van der Waals surface area contributed by atoms with Gasteiger partial charge in [-0.1, -0.05) is 31.5 Å². The molecule has 1 aromatic rings. The molecule has 1 rings (SSSR count). The van der Waals surface area contributed by atoms with Gasteiger partial charge in [-0.2, -0.15) is 0 Å². The van der Waals surface area contributed by atoms with Crippen molar-refractivity contribution in [2.75, 3.05) is 13.1 Å². The minimum absolute atomic E-state index is 0.0599. The molecular weight excluding hydrogens is 263 g/mol. The SMILES string of the molecule is CCN(CC)C(C)(C)C(N)Cc1ccc(F)cc1Cl. The Hall–Kier alpha value is -0.640. The van der Waals surface area contributed by atoms with Crippen molar-refractivity contribution in [3.63, 3.8) is 0 Å². The molecule has 0 aliphatic heterocycles. The van der Waals surface area contributed by atoms with E-state index >= 15 is 0 Å². The zero-order valence-corrected chi connectivity index (χ0v) is 13.0. The van der Waals surface area contributed by atoms with E-state index in [1.54, 1.807) is 6.07 Å². The Morgan fingerprint density at radius 1 is 1.32 bits per heavy atom. The van der Waals surface area contributed by atoms with Crippen LogP contribution in [-0.4, -0.2) is 29.6 Å². The molecule has 0 aliphatic carbocycles. The summed E-state index contributed by atoms with van der Waals surface area (Å²) in [7, 11) is 0. The van der Waals surface area contributed by atoms with Gasteiger partial charge in [-0.15, -0.1) is 0 Å². The minimum Gasteiger partial charge on any atom is -0.326 e. The molecule has 1 aromatic carbocycles. The molecule has 0 aromatic heterocycles. The molecule has 0 bridgehead atoms. The average molecular weight is 287 g/mol. The first-order valence-electron chi connectivity index (χ1n) is 6.77. The van der Waals surface area contributed by atoms with Crippen LogP contribution in [0.2, 0.25) is 5.02 Å². The van der Waals surface area contributed by atoms with Crippen molar-refractivity contribution in [3.8, 4) is 0 Å². The molecule has 0 radical (unpaired) electrons. The molecule has 0 amide bonds. The van der Waals surface area contributed by atoms with Gasteiger partial charge in [0, 0.05) is 16.6 Å². The lowest BCUT2D eigenvalue weighted by Gasteiger charge is -2.42. The lowest BCUT2D eigenvalue weighted by Crippen LogP contribution is -2.56. The van der Waals surface area contributed by atoms with Gasteiger partial charge in [0.05, 0.1) is 0 Å². The Morgan fingerprint density at radius 2 is 1.89 bits per heavy atom. The quantitative estimate of drug-likeness (QED) is 0.868. The third-order valence-corrected chi connectivity index (χ3v) is 4.29. The number of nitrogens with two attached hydrogens (primary N) is 1. The second-order valence-electron chi connectivity index (χ2n) is 5.37. The van der Waals surface area contributed by atoms with Crippen LogP contribution < -0.4 is 5.73 Å². The molecule has 108 valence electrons. The molecular formula is C15H24ClFN2. The first kappa shape index (κ1) is 16.4. The van der Waals surface area contributed by atoms with Gasteiger partial charge >= 0.3 is 0 Å².